The first-order valence-electron chi connectivity index (χ1n) is 10.8. The van der Waals surface area contributed by atoms with Gasteiger partial charge in [0.15, 0.2) is 0 Å². The van der Waals surface area contributed by atoms with Gasteiger partial charge in [0.05, 0.1) is 16.9 Å². The summed E-state index contributed by atoms with van der Waals surface area (Å²) in [5, 5.41) is 2.30. The van der Waals surface area contributed by atoms with Gasteiger partial charge in [-0.05, 0) is 31.0 Å². The molecule has 0 atom stereocenters. The van der Waals surface area contributed by atoms with Gasteiger partial charge in [-0.3, -0.25) is 9.97 Å². The zero-order valence-corrected chi connectivity index (χ0v) is 14.6. The molecule has 0 N–H and O–H groups in total. The van der Waals surface area contributed by atoms with E-state index >= 15 is 0 Å². The number of aromatic nitrogens is 2. The smallest absolute Gasteiger partial charge is 0.0840 e. The van der Waals surface area contributed by atoms with Crippen LogP contribution >= 0.6 is 11.3 Å². The van der Waals surface area contributed by atoms with Crippen LogP contribution in [-0.4, -0.2) is 9.97 Å². The minimum Gasteiger partial charge on any atom is -0.260 e. The third kappa shape index (κ3) is 2.54. The average Bonchev–Trinajstić information content (AvgIpc) is 3.14. The number of pyridine rings is 2. The normalized spacial score (nSPS) is 18.1. The highest BCUT2D eigenvalue weighted by Gasteiger charge is 2.22. The summed E-state index contributed by atoms with van der Waals surface area (Å²) >= 11 is 1.65. The van der Waals surface area contributed by atoms with Crippen molar-refractivity contribution in [2.75, 3.05) is 0 Å². The Morgan fingerprint density at radius 1 is 1.04 bits per heavy atom. The molecule has 124 valence electrons. The number of hydrogen-bond donors (Lipinski definition) is 0. The molecule has 25 heavy (non-hydrogen) atoms. The van der Waals surface area contributed by atoms with Crippen molar-refractivity contribution in [1.82, 2.24) is 9.97 Å². The maximum Gasteiger partial charge on any atom is 0.0840 e. The number of rotatable bonds is 2. The standard InChI is InChI=1S/C22H20N2S/c1-2-7-15(8-3-1)21-20-17-10-6-9-16(18-11-4-5-13-23-18)22(17)25-19(20)12-14-24-21/h4-6,9-15H,1-3,7-8H2/i4D,5D,11D,13D. The highest BCUT2D eigenvalue weighted by atomic mass is 32.1. The first kappa shape index (κ1) is 11.4. The molecule has 1 saturated carbocycles. The lowest BCUT2D eigenvalue weighted by molar-refractivity contribution is 0.439. The molecule has 0 unspecified atom stereocenters. The van der Waals surface area contributed by atoms with Crippen LogP contribution in [0.2, 0.25) is 0 Å². The summed E-state index contributed by atoms with van der Waals surface area (Å²) in [4.78, 5) is 8.98. The van der Waals surface area contributed by atoms with E-state index in [-0.39, 0.29) is 24.3 Å². The van der Waals surface area contributed by atoms with Crippen LogP contribution in [0.25, 0.3) is 31.4 Å². The summed E-state index contributed by atoms with van der Waals surface area (Å²) < 4.78 is 34.2. The summed E-state index contributed by atoms with van der Waals surface area (Å²) in [5.41, 5.74) is 2.24. The molecule has 0 radical (unpaired) electrons. The second-order valence-corrected chi connectivity index (χ2v) is 7.69. The molecule has 0 bridgehead atoms. The summed E-state index contributed by atoms with van der Waals surface area (Å²) in [6.07, 6.45) is 7.79. The molecule has 4 aromatic rings. The molecule has 1 fully saturated rings. The van der Waals surface area contributed by atoms with Gasteiger partial charge >= 0.3 is 0 Å². The molecule has 0 saturated heterocycles. The quantitative estimate of drug-likeness (QED) is 0.410. The largest absolute Gasteiger partial charge is 0.260 e. The van der Waals surface area contributed by atoms with Gasteiger partial charge in [0.1, 0.15) is 0 Å². The maximum absolute atomic E-state index is 8.32. The fraction of sp³-hybridized carbons (Fsp3) is 0.273. The van der Waals surface area contributed by atoms with E-state index in [4.69, 9.17) is 10.5 Å². The van der Waals surface area contributed by atoms with E-state index < -0.39 is 0 Å². The summed E-state index contributed by atoms with van der Waals surface area (Å²) in [5.74, 6) is 0.487. The summed E-state index contributed by atoms with van der Waals surface area (Å²) in [7, 11) is 0. The molecule has 3 heterocycles. The van der Waals surface area contributed by atoms with E-state index in [0.717, 1.165) is 15.6 Å². The molecule has 2 nitrogen and oxygen atoms in total. The van der Waals surface area contributed by atoms with E-state index in [1.54, 1.807) is 11.3 Å². The van der Waals surface area contributed by atoms with Crippen molar-refractivity contribution >= 4 is 31.5 Å². The van der Waals surface area contributed by atoms with Gasteiger partial charge in [-0.25, -0.2) is 0 Å². The zero-order valence-electron chi connectivity index (χ0n) is 17.8. The number of fused-ring (bicyclic) bond motifs is 3. The number of thiophene rings is 1. The van der Waals surface area contributed by atoms with Crippen molar-refractivity contribution in [3.63, 3.8) is 0 Å². The van der Waals surface area contributed by atoms with Crippen LogP contribution in [0.15, 0.2) is 54.8 Å². The van der Waals surface area contributed by atoms with Gasteiger partial charge in [-0.1, -0.05) is 43.5 Å². The first-order chi connectivity index (χ1) is 14.1. The Hall–Kier alpha value is -2.26. The van der Waals surface area contributed by atoms with Crippen LogP contribution in [0, 0.1) is 0 Å². The zero-order chi connectivity index (χ0) is 20.1. The Bertz CT molecular complexity index is 1250. The lowest BCUT2D eigenvalue weighted by Gasteiger charge is -2.21. The lowest BCUT2D eigenvalue weighted by Crippen LogP contribution is -2.06. The Kier molecular flexibility index (Phi) is 2.83. The Morgan fingerprint density at radius 2 is 1.96 bits per heavy atom. The summed E-state index contributed by atoms with van der Waals surface area (Å²) in [6, 6.07) is 7.34. The second kappa shape index (κ2) is 6.23. The van der Waals surface area contributed by atoms with Gasteiger partial charge in [-0.2, -0.15) is 0 Å². The molecule has 0 spiro atoms. The van der Waals surface area contributed by atoms with Crippen molar-refractivity contribution in [3.05, 3.63) is 60.5 Å². The average molecular weight is 349 g/mol. The molecule has 1 aromatic carbocycles. The molecular formula is C22H20N2S. The molecule has 3 aromatic heterocycles. The monoisotopic (exact) mass is 348 g/mol. The second-order valence-electron chi connectivity index (χ2n) is 6.64. The fourth-order valence-electron chi connectivity index (χ4n) is 4.00. The lowest BCUT2D eigenvalue weighted by atomic mass is 9.85. The van der Waals surface area contributed by atoms with Crippen LogP contribution in [0.1, 0.15) is 49.2 Å². The number of hydrogen-bond acceptors (Lipinski definition) is 3. The Labute approximate surface area is 157 Å². The van der Waals surface area contributed by atoms with Crippen LogP contribution in [0.5, 0.6) is 0 Å². The molecule has 3 heteroatoms. The van der Waals surface area contributed by atoms with E-state index in [2.05, 4.69) is 11.1 Å². The number of nitrogens with zero attached hydrogens (tertiary/aromatic N) is 2. The van der Waals surface area contributed by atoms with Crippen LogP contribution in [0.4, 0.5) is 0 Å². The predicted octanol–water partition coefficient (Wildman–Crippen LogP) is 6.56. The minimum atomic E-state index is -0.300. The van der Waals surface area contributed by atoms with E-state index in [1.165, 1.54) is 47.9 Å². The number of benzene rings is 1. The highest BCUT2D eigenvalue weighted by molar-refractivity contribution is 7.26. The SMILES string of the molecule is [2H]c1nc(-c2cccc3c2sc2ccnc(C4CCCCC4)c23)c([2H])c([2H])c1[2H]. The third-order valence-electron chi connectivity index (χ3n) is 5.15. The molecule has 1 aliphatic carbocycles. The third-order valence-corrected chi connectivity index (χ3v) is 6.36. The Morgan fingerprint density at radius 3 is 2.88 bits per heavy atom. The molecule has 0 aliphatic heterocycles. The summed E-state index contributed by atoms with van der Waals surface area (Å²) in [6.45, 7) is 0. The van der Waals surface area contributed by atoms with E-state index in [1.807, 2.05) is 24.4 Å². The van der Waals surface area contributed by atoms with Gasteiger partial charge in [0.25, 0.3) is 0 Å². The first-order valence-corrected chi connectivity index (χ1v) is 9.62. The van der Waals surface area contributed by atoms with Crippen molar-refractivity contribution in [2.24, 2.45) is 0 Å². The van der Waals surface area contributed by atoms with Crippen LogP contribution < -0.4 is 0 Å². The van der Waals surface area contributed by atoms with Gasteiger partial charge in [0, 0.05) is 44.0 Å². The van der Waals surface area contributed by atoms with Gasteiger partial charge in [0.2, 0.25) is 0 Å². The van der Waals surface area contributed by atoms with E-state index in [9.17, 15) is 0 Å². The van der Waals surface area contributed by atoms with Crippen LogP contribution in [-0.2, 0) is 0 Å². The van der Waals surface area contributed by atoms with Gasteiger partial charge in [-0.15, -0.1) is 11.3 Å². The van der Waals surface area contributed by atoms with Crippen molar-refractivity contribution in [3.8, 4) is 11.3 Å². The fourth-order valence-corrected chi connectivity index (χ4v) is 5.22. The highest BCUT2D eigenvalue weighted by Crippen LogP contribution is 2.43. The molecule has 0 amide bonds. The van der Waals surface area contributed by atoms with Gasteiger partial charge < -0.3 is 0 Å². The van der Waals surface area contributed by atoms with Crippen molar-refractivity contribution in [2.45, 2.75) is 38.0 Å². The van der Waals surface area contributed by atoms with Crippen molar-refractivity contribution in [1.29, 1.82) is 0 Å². The van der Waals surface area contributed by atoms with Crippen molar-refractivity contribution < 1.29 is 5.48 Å². The maximum atomic E-state index is 8.32. The predicted molar refractivity (Wildman–Crippen MR) is 106 cm³/mol. The molecule has 5 rings (SSSR count). The topological polar surface area (TPSA) is 25.8 Å². The Balaban J connectivity index is 1.78. The minimum absolute atomic E-state index is 0.0958. The van der Waals surface area contributed by atoms with Crippen LogP contribution in [0.3, 0.4) is 0 Å². The molecular weight excluding hydrogens is 324 g/mol. The van der Waals surface area contributed by atoms with E-state index in [0.29, 0.717) is 11.6 Å². The molecule has 1 aliphatic rings.